The summed E-state index contributed by atoms with van der Waals surface area (Å²) in [7, 11) is 0. The zero-order valence-electron chi connectivity index (χ0n) is 13.4. The molecule has 2 heterocycles. The van der Waals surface area contributed by atoms with E-state index in [1.807, 2.05) is 43.3 Å². The summed E-state index contributed by atoms with van der Waals surface area (Å²) in [6.45, 7) is 1.91. The number of fused-ring (bicyclic) bond motifs is 3. The first-order chi connectivity index (χ1) is 12.2. The fraction of sp³-hybridized carbons (Fsp3) is 0.0476. The van der Waals surface area contributed by atoms with Crippen molar-refractivity contribution in [2.24, 2.45) is 0 Å². The third-order valence-electron chi connectivity index (χ3n) is 4.42. The van der Waals surface area contributed by atoms with Crippen LogP contribution < -0.4 is 5.76 Å². The van der Waals surface area contributed by atoms with Gasteiger partial charge in [-0.3, -0.25) is 0 Å². The van der Waals surface area contributed by atoms with Crippen molar-refractivity contribution in [3.05, 3.63) is 77.0 Å². The number of hydrogen-bond donors (Lipinski definition) is 0. The Bertz CT molecular complexity index is 1330. The molecule has 3 aromatic carbocycles. The predicted molar refractivity (Wildman–Crippen MR) is 97.7 cm³/mol. The lowest BCUT2D eigenvalue weighted by Gasteiger charge is -2.09. The molecular formula is C21H13NO3. The fourth-order valence-electron chi connectivity index (χ4n) is 3.29. The van der Waals surface area contributed by atoms with Crippen LogP contribution in [0.3, 0.4) is 0 Å². The van der Waals surface area contributed by atoms with Gasteiger partial charge in [-0.25, -0.2) is 4.79 Å². The zero-order chi connectivity index (χ0) is 17.0. The molecule has 120 valence electrons. The molecule has 2 aromatic heterocycles. The van der Waals surface area contributed by atoms with E-state index in [9.17, 15) is 4.79 Å². The van der Waals surface area contributed by atoms with Crippen molar-refractivity contribution >= 4 is 32.6 Å². The average molecular weight is 327 g/mol. The van der Waals surface area contributed by atoms with Crippen molar-refractivity contribution in [2.45, 2.75) is 6.92 Å². The van der Waals surface area contributed by atoms with Gasteiger partial charge in [-0.15, -0.1) is 0 Å². The lowest BCUT2D eigenvalue weighted by atomic mass is 10.0. The van der Waals surface area contributed by atoms with Crippen LogP contribution in [0.15, 0.2) is 74.3 Å². The van der Waals surface area contributed by atoms with E-state index in [0.717, 1.165) is 33.2 Å². The minimum Gasteiger partial charge on any atom is -0.461 e. The Morgan fingerprint density at radius 1 is 0.840 bits per heavy atom. The molecule has 0 fully saturated rings. The zero-order valence-corrected chi connectivity index (χ0v) is 13.4. The molecule has 5 rings (SSSR count). The lowest BCUT2D eigenvalue weighted by molar-refractivity contribution is 0.537. The van der Waals surface area contributed by atoms with Crippen molar-refractivity contribution in [1.82, 2.24) is 4.98 Å². The van der Waals surface area contributed by atoms with Crippen molar-refractivity contribution in [3.8, 4) is 11.3 Å². The third kappa shape index (κ3) is 2.22. The van der Waals surface area contributed by atoms with E-state index in [1.165, 1.54) is 5.39 Å². The largest absolute Gasteiger partial charge is 0.461 e. The van der Waals surface area contributed by atoms with Crippen LogP contribution in [0.5, 0.6) is 0 Å². The number of benzene rings is 3. The van der Waals surface area contributed by atoms with Crippen LogP contribution in [-0.4, -0.2) is 4.98 Å². The molecule has 4 nitrogen and oxygen atoms in total. The van der Waals surface area contributed by atoms with Crippen molar-refractivity contribution in [2.75, 3.05) is 0 Å². The molecule has 25 heavy (non-hydrogen) atoms. The molecule has 4 heteroatoms. The Balaban J connectivity index is 1.86. The molecule has 5 aromatic rings. The van der Waals surface area contributed by atoms with Crippen molar-refractivity contribution in [3.63, 3.8) is 0 Å². The van der Waals surface area contributed by atoms with E-state index in [-0.39, 0.29) is 0 Å². The molecule has 0 N–H and O–H groups in total. The topological polar surface area (TPSA) is 56.2 Å². The van der Waals surface area contributed by atoms with E-state index in [1.54, 1.807) is 0 Å². The summed E-state index contributed by atoms with van der Waals surface area (Å²) in [6.07, 6.45) is 0. The first-order valence-electron chi connectivity index (χ1n) is 8.02. The first kappa shape index (κ1) is 14.0. The number of rotatable bonds is 1. The van der Waals surface area contributed by atoms with Gasteiger partial charge in [-0.1, -0.05) is 36.4 Å². The van der Waals surface area contributed by atoms with E-state index in [2.05, 4.69) is 29.2 Å². The maximum atomic E-state index is 11.4. The van der Waals surface area contributed by atoms with Gasteiger partial charge >= 0.3 is 5.76 Å². The first-order valence-corrected chi connectivity index (χ1v) is 8.02. The molecule has 0 saturated heterocycles. The van der Waals surface area contributed by atoms with Crippen LogP contribution in [0, 0.1) is 6.92 Å². The third-order valence-corrected chi connectivity index (χ3v) is 4.42. The minimum atomic E-state index is -0.578. The van der Waals surface area contributed by atoms with Gasteiger partial charge in [-0.2, -0.15) is 4.98 Å². The van der Waals surface area contributed by atoms with Gasteiger partial charge in [0.15, 0.2) is 5.58 Å². The maximum Gasteiger partial charge on any atom is 0.439 e. The number of aryl methyl sites for hydroxylation is 1. The molecule has 0 aliphatic heterocycles. The standard InChI is InChI=1S/C21H13NO3/c1-12-8-16-10-18-19(25-21(23)22-18)11-17(16)20(24-12)15-7-6-13-4-2-3-5-14(13)9-15/h2-11H,1H3. The van der Waals surface area contributed by atoms with Gasteiger partial charge in [0.25, 0.3) is 0 Å². The monoisotopic (exact) mass is 327 g/mol. The van der Waals surface area contributed by atoms with Crippen molar-refractivity contribution < 1.29 is 8.83 Å². The molecular weight excluding hydrogens is 314 g/mol. The summed E-state index contributed by atoms with van der Waals surface area (Å²) in [5, 5.41) is 4.18. The molecule has 0 spiro atoms. The van der Waals surface area contributed by atoms with Gasteiger partial charge in [0.05, 0.1) is 0 Å². The Hall–Kier alpha value is -3.40. The van der Waals surface area contributed by atoms with E-state index in [4.69, 9.17) is 8.83 Å². The summed E-state index contributed by atoms with van der Waals surface area (Å²) in [5.41, 5.74) is 2.01. The smallest absolute Gasteiger partial charge is 0.439 e. The fourth-order valence-corrected chi connectivity index (χ4v) is 3.29. The quantitative estimate of drug-likeness (QED) is 0.432. The lowest BCUT2D eigenvalue weighted by Crippen LogP contribution is -1.92. The molecule has 0 amide bonds. The van der Waals surface area contributed by atoms with Gasteiger partial charge < -0.3 is 8.83 Å². The van der Waals surface area contributed by atoms with Crippen LogP contribution in [0.25, 0.3) is 44.0 Å². The Morgan fingerprint density at radius 2 is 1.68 bits per heavy atom. The number of hydrogen-bond acceptors (Lipinski definition) is 4. The highest BCUT2D eigenvalue weighted by molar-refractivity contribution is 6.01. The molecule has 0 radical (unpaired) electrons. The average Bonchev–Trinajstić information content (AvgIpc) is 2.97. The summed E-state index contributed by atoms with van der Waals surface area (Å²) in [5.74, 6) is 0.971. The second-order valence-corrected chi connectivity index (χ2v) is 6.14. The Morgan fingerprint density at radius 3 is 2.56 bits per heavy atom. The molecule has 0 unspecified atom stereocenters. The Kier molecular flexibility index (Phi) is 2.82. The second kappa shape index (κ2) is 5.05. The highest BCUT2D eigenvalue weighted by Crippen LogP contribution is 2.34. The SMILES string of the molecule is Cc1cc2cc3nc(=O)oc3cc2c(-c2ccc3ccccc3c2)o1. The number of nitrogens with zero attached hydrogens (tertiary/aromatic N) is 1. The minimum absolute atomic E-state index is 0.471. The maximum absolute atomic E-state index is 11.4. The van der Waals surface area contributed by atoms with Gasteiger partial charge in [0.1, 0.15) is 17.0 Å². The van der Waals surface area contributed by atoms with Crippen LogP contribution in [0.2, 0.25) is 0 Å². The van der Waals surface area contributed by atoms with Crippen LogP contribution in [0.4, 0.5) is 0 Å². The van der Waals surface area contributed by atoms with Gasteiger partial charge in [0, 0.05) is 10.9 Å². The summed E-state index contributed by atoms with van der Waals surface area (Å²) in [4.78, 5) is 15.3. The summed E-state index contributed by atoms with van der Waals surface area (Å²) < 4.78 is 11.2. The predicted octanol–water partition coefficient (Wildman–Crippen LogP) is 5.06. The molecule has 0 aliphatic carbocycles. The van der Waals surface area contributed by atoms with E-state index in [0.29, 0.717) is 11.1 Å². The molecule has 0 aliphatic rings. The van der Waals surface area contributed by atoms with Crippen LogP contribution >= 0.6 is 0 Å². The highest BCUT2D eigenvalue weighted by Gasteiger charge is 2.12. The molecule has 0 atom stereocenters. The van der Waals surface area contributed by atoms with Gasteiger partial charge in [0.2, 0.25) is 0 Å². The van der Waals surface area contributed by atoms with Crippen LogP contribution in [-0.2, 0) is 0 Å². The molecule has 0 saturated carbocycles. The number of oxazole rings is 1. The Labute approximate surface area is 142 Å². The summed E-state index contributed by atoms with van der Waals surface area (Å²) in [6, 6.07) is 20.1. The highest BCUT2D eigenvalue weighted by atomic mass is 16.4. The van der Waals surface area contributed by atoms with E-state index < -0.39 is 5.76 Å². The van der Waals surface area contributed by atoms with Crippen LogP contribution in [0.1, 0.15) is 5.76 Å². The normalized spacial score (nSPS) is 11.6. The van der Waals surface area contributed by atoms with Crippen molar-refractivity contribution in [1.29, 1.82) is 0 Å². The number of aromatic nitrogens is 1. The van der Waals surface area contributed by atoms with Gasteiger partial charge in [-0.05, 0) is 47.3 Å². The van der Waals surface area contributed by atoms with E-state index >= 15 is 0 Å². The summed E-state index contributed by atoms with van der Waals surface area (Å²) >= 11 is 0. The second-order valence-electron chi connectivity index (χ2n) is 6.14. The molecule has 0 bridgehead atoms.